The van der Waals surface area contributed by atoms with Crippen LogP contribution in [0.4, 0.5) is 0 Å². The number of hydrogen-bond donors (Lipinski definition) is 0. The molecule has 152 valence electrons. The molecule has 5 fully saturated rings. The lowest BCUT2D eigenvalue weighted by atomic mass is 9.43. The molecule has 6 aliphatic rings. The van der Waals surface area contributed by atoms with E-state index in [4.69, 9.17) is 4.74 Å². The molecule has 1 saturated heterocycles. The van der Waals surface area contributed by atoms with E-state index in [1.54, 1.807) is 0 Å². The van der Waals surface area contributed by atoms with Crippen LogP contribution < -0.4 is 0 Å². The van der Waals surface area contributed by atoms with E-state index in [1.165, 1.54) is 5.57 Å². The summed E-state index contributed by atoms with van der Waals surface area (Å²) in [6.07, 6.45) is 7.78. The van der Waals surface area contributed by atoms with Gasteiger partial charge in [0.15, 0.2) is 0 Å². The maximum absolute atomic E-state index is 13.5. The van der Waals surface area contributed by atoms with Gasteiger partial charge in [0.05, 0.1) is 17.4 Å². The molecule has 0 aromatic carbocycles. The van der Waals surface area contributed by atoms with Crippen molar-refractivity contribution < 1.29 is 19.1 Å². The minimum absolute atomic E-state index is 0.0180. The molecule has 0 aromatic rings. The number of carbonyl (C=O) groups is 3. The summed E-state index contributed by atoms with van der Waals surface area (Å²) in [5.41, 5.74) is -0.582. The summed E-state index contributed by atoms with van der Waals surface area (Å²) in [4.78, 5) is 38.4. The Morgan fingerprint density at radius 1 is 1.14 bits per heavy atom. The van der Waals surface area contributed by atoms with Crippen LogP contribution in [-0.2, 0) is 19.1 Å². The highest BCUT2D eigenvalue weighted by atomic mass is 16.6. The topological polar surface area (TPSA) is 84.2 Å². The molecular formula is C24H27NO4. The van der Waals surface area contributed by atoms with E-state index in [0.29, 0.717) is 25.7 Å². The Labute approximate surface area is 170 Å². The third-order valence-electron chi connectivity index (χ3n) is 10.4. The molecule has 29 heavy (non-hydrogen) atoms. The zero-order chi connectivity index (χ0) is 20.4. The lowest BCUT2D eigenvalue weighted by Crippen LogP contribution is -2.56. The second-order valence-corrected chi connectivity index (χ2v) is 10.9. The minimum Gasteiger partial charge on any atom is -0.458 e. The van der Waals surface area contributed by atoms with Crippen LogP contribution in [0.3, 0.4) is 0 Å². The molecule has 0 aromatic heterocycles. The van der Waals surface area contributed by atoms with Crippen molar-refractivity contribution in [2.24, 2.45) is 39.9 Å². The molecule has 4 unspecified atom stereocenters. The van der Waals surface area contributed by atoms with E-state index in [1.807, 2.05) is 0 Å². The van der Waals surface area contributed by atoms with E-state index in [9.17, 15) is 19.6 Å². The summed E-state index contributed by atoms with van der Waals surface area (Å²) >= 11 is 0. The standard InChI is InChI=1S/C24H27NO4/c1-21-8-5-16(26)19-20(28)13(11-23(19,21)12-25)18-14(21)3-7-22(2)15(18)4-9-24(22)10-6-17(27)29-24/h3,13,15,18-19H,4-11H2,1-2H3/t13-,15?,18?,19-,21?,22?,23-,24+/m0/s1. The molecule has 0 radical (unpaired) electrons. The normalized spacial score (nSPS) is 54.7. The van der Waals surface area contributed by atoms with E-state index in [0.717, 1.165) is 25.7 Å². The fraction of sp³-hybridized carbons (Fsp3) is 0.750. The molecule has 0 N–H and O–H groups in total. The van der Waals surface area contributed by atoms with Gasteiger partial charge in [0.2, 0.25) is 0 Å². The molecule has 1 heterocycles. The van der Waals surface area contributed by atoms with Gasteiger partial charge in [-0.2, -0.15) is 5.26 Å². The second-order valence-electron chi connectivity index (χ2n) is 10.9. The van der Waals surface area contributed by atoms with Crippen LogP contribution in [0.15, 0.2) is 11.6 Å². The van der Waals surface area contributed by atoms with Crippen molar-refractivity contribution in [3.8, 4) is 6.07 Å². The van der Waals surface area contributed by atoms with Crippen LogP contribution in [0, 0.1) is 51.2 Å². The Morgan fingerprint density at radius 2 is 1.93 bits per heavy atom. The summed E-state index contributed by atoms with van der Waals surface area (Å²) in [5.74, 6) is -0.728. The minimum atomic E-state index is -0.865. The van der Waals surface area contributed by atoms with Gasteiger partial charge in [0.25, 0.3) is 0 Å². The van der Waals surface area contributed by atoms with Crippen molar-refractivity contribution in [3.05, 3.63) is 11.6 Å². The number of hydrogen-bond acceptors (Lipinski definition) is 5. The van der Waals surface area contributed by atoms with Gasteiger partial charge in [-0.1, -0.05) is 25.5 Å². The highest BCUT2D eigenvalue weighted by Crippen LogP contribution is 2.75. The second kappa shape index (κ2) is 5.02. The molecule has 8 atom stereocenters. The smallest absolute Gasteiger partial charge is 0.306 e. The maximum Gasteiger partial charge on any atom is 0.306 e. The predicted octanol–water partition coefficient (Wildman–Crippen LogP) is 3.52. The molecule has 1 aliphatic heterocycles. The van der Waals surface area contributed by atoms with Gasteiger partial charge in [0.1, 0.15) is 17.2 Å². The summed E-state index contributed by atoms with van der Waals surface area (Å²) in [7, 11) is 0. The van der Waals surface area contributed by atoms with Gasteiger partial charge < -0.3 is 4.74 Å². The summed E-state index contributed by atoms with van der Waals surface area (Å²) in [6, 6.07) is 2.52. The van der Waals surface area contributed by atoms with Gasteiger partial charge in [-0.05, 0) is 50.4 Å². The van der Waals surface area contributed by atoms with Gasteiger partial charge in [-0.25, -0.2) is 0 Å². The van der Waals surface area contributed by atoms with Crippen LogP contribution in [0.5, 0.6) is 0 Å². The number of allylic oxidation sites excluding steroid dienone is 2. The van der Waals surface area contributed by atoms with Crippen molar-refractivity contribution in [1.29, 1.82) is 5.26 Å². The first kappa shape index (κ1) is 17.9. The fourth-order valence-electron chi connectivity index (χ4n) is 8.89. The van der Waals surface area contributed by atoms with Crippen LogP contribution in [-0.4, -0.2) is 23.1 Å². The number of fused-ring (bicyclic) bond motifs is 7. The SMILES string of the molecule is CC12CC=C3C(C1CC[C@@]21CCC(=O)O1)[C@@H]1C[C@]2(C#N)[C@@H](C(=O)CCC32C)C1=O. The third kappa shape index (κ3) is 1.67. The van der Waals surface area contributed by atoms with Crippen molar-refractivity contribution >= 4 is 17.5 Å². The molecule has 6 rings (SSSR count). The number of carbonyl (C=O) groups excluding carboxylic acids is 3. The van der Waals surface area contributed by atoms with E-state index < -0.39 is 22.3 Å². The molecule has 0 amide bonds. The third-order valence-corrected chi connectivity index (χ3v) is 10.4. The van der Waals surface area contributed by atoms with Gasteiger partial charge in [-0.3, -0.25) is 14.4 Å². The van der Waals surface area contributed by atoms with Crippen molar-refractivity contribution in [2.45, 2.75) is 70.8 Å². The van der Waals surface area contributed by atoms with Gasteiger partial charge >= 0.3 is 5.97 Å². The van der Waals surface area contributed by atoms with Crippen LogP contribution in [0.1, 0.15) is 65.2 Å². The van der Waals surface area contributed by atoms with E-state index >= 15 is 0 Å². The monoisotopic (exact) mass is 393 g/mol. The predicted molar refractivity (Wildman–Crippen MR) is 102 cm³/mol. The average Bonchev–Trinajstić information content (AvgIpc) is 3.31. The zero-order valence-corrected chi connectivity index (χ0v) is 17.1. The van der Waals surface area contributed by atoms with Gasteiger partial charge in [-0.15, -0.1) is 0 Å². The lowest BCUT2D eigenvalue weighted by Gasteiger charge is -2.58. The fourth-order valence-corrected chi connectivity index (χ4v) is 8.89. The lowest BCUT2D eigenvalue weighted by molar-refractivity contribution is -0.161. The number of esters is 1. The number of Topliss-reactive ketones (excluding diaryl/α,β-unsaturated/α-hetero) is 2. The number of ether oxygens (including phenoxy) is 1. The number of nitrogens with zero attached hydrogens (tertiary/aromatic N) is 1. The Kier molecular flexibility index (Phi) is 3.09. The highest BCUT2D eigenvalue weighted by Gasteiger charge is 2.76. The molecule has 5 aliphatic carbocycles. The van der Waals surface area contributed by atoms with Crippen LogP contribution >= 0.6 is 0 Å². The molecule has 4 saturated carbocycles. The summed E-state index contributed by atoms with van der Waals surface area (Å²) in [5, 5.41) is 10.3. The van der Waals surface area contributed by atoms with Crippen LogP contribution in [0.2, 0.25) is 0 Å². The van der Waals surface area contributed by atoms with Crippen molar-refractivity contribution in [2.75, 3.05) is 0 Å². The number of ketones is 2. The number of rotatable bonds is 0. The summed E-state index contributed by atoms with van der Waals surface area (Å²) in [6.45, 7) is 4.40. The van der Waals surface area contributed by atoms with E-state index in [-0.39, 0.29) is 40.7 Å². The van der Waals surface area contributed by atoms with Crippen LogP contribution in [0.25, 0.3) is 0 Å². The Morgan fingerprint density at radius 3 is 2.62 bits per heavy atom. The highest BCUT2D eigenvalue weighted by molar-refractivity contribution is 6.08. The Bertz CT molecular complexity index is 960. The van der Waals surface area contributed by atoms with Crippen molar-refractivity contribution in [1.82, 2.24) is 0 Å². The molecule has 1 spiro atoms. The zero-order valence-electron chi connectivity index (χ0n) is 17.1. The van der Waals surface area contributed by atoms with E-state index in [2.05, 4.69) is 26.0 Å². The molecule has 2 bridgehead atoms. The Balaban J connectivity index is 1.53. The average molecular weight is 393 g/mol. The van der Waals surface area contributed by atoms with Gasteiger partial charge in [0, 0.05) is 29.6 Å². The molecule has 5 nitrogen and oxygen atoms in total. The first-order chi connectivity index (χ1) is 13.7. The number of nitriles is 1. The first-order valence-corrected chi connectivity index (χ1v) is 11.1. The Hall–Kier alpha value is -1.96. The molecular weight excluding hydrogens is 366 g/mol. The van der Waals surface area contributed by atoms with Crippen molar-refractivity contribution in [3.63, 3.8) is 0 Å². The molecule has 5 heteroatoms. The largest absolute Gasteiger partial charge is 0.458 e. The first-order valence-electron chi connectivity index (χ1n) is 11.1. The maximum atomic E-state index is 13.5. The quantitative estimate of drug-likeness (QED) is 0.357. The summed E-state index contributed by atoms with van der Waals surface area (Å²) < 4.78 is 5.98.